The Morgan fingerprint density at radius 3 is 2.96 bits per heavy atom. The van der Waals surface area contributed by atoms with E-state index in [2.05, 4.69) is 10.3 Å². The van der Waals surface area contributed by atoms with E-state index < -0.39 is 16.6 Å². The van der Waals surface area contributed by atoms with E-state index in [1.165, 1.54) is 23.5 Å². The highest BCUT2D eigenvalue weighted by Crippen LogP contribution is 2.20. The normalized spacial score (nSPS) is 10.8. The highest BCUT2D eigenvalue weighted by Gasteiger charge is 2.16. The zero-order valence-electron chi connectivity index (χ0n) is 11.8. The fourth-order valence-electron chi connectivity index (χ4n) is 2.03. The average molecular weight is 334 g/mol. The second-order valence-electron chi connectivity index (χ2n) is 4.69. The van der Waals surface area contributed by atoms with E-state index in [4.69, 9.17) is 4.42 Å². The van der Waals surface area contributed by atoms with Crippen LogP contribution in [0.1, 0.15) is 4.88 Å². The van der Waals surface area contributed by atoms with Crippen molar-refractivity contribution < 1.29 is 14.1 Å². The predicted molar refractivity (Wildman–Crippen MR) is 82.6 cm³/mol. The number of aromatic nitrogens is 2. The molecule has 23 heavy (non-hydrogen) atoms. The highest BCUT2D eigenvalue weighted by molar-refractivity contribution is 7.15. The number of nitro benzene ring substituents is 1. The smallest absolute Gasteiger partial charge is 0.407 e. The number of hydrogen-bond acceptors (Lipinski definition) is 7. The van der Waals surface area contributed by atoms with Gasteiger partial charge in [0, 0.05) is 17.1 Å². The number of fused-ring (bicyclic) bond motifs is 1. The van der Waals surface area contributed by atoms with Crippen molar-refractivity contribution in [1.82, 2.24) is 9.55 Å². The second kappa shape index (κ2) is 5.65. The number of non-ortho nitro benzene ring substituents is 1. The van der Waals surface area contributed by atoms with Crippen molar-refractivity contribution in [3.05, 3.63) is 49.9 Å². The Bertz CT molecular complexity index is 970. The molecule has 3 aromatic rings. The fraction of sp³-hybridized carbons (Fsp3) is 0.154. The van der Waals surface area contributed by atoms with Crippen molar-refractivity contribution in [3.63, 3.8) is 0 Å². The number of amides is 1. The third kappa shape index (κ3) is 2.97. The number of nitrogens with one attached hydrogen (secondary N) is 1. The molecule has 2 aromatic heterocycles. The number of hydrogen-bond donors (Lipinski definition) is 1. The van der Waals surface area contributed by atoms with Gasteiger partial charge in [0.2, 0.25) is 5.91 Å². The van der Waals surface area contributed by atoms with E-state index in [0.717, 1.165) is 15.5 Å². The van der Waals surface area contributed by atoms with Crippen molar-refractivity contribution in [1.29, 1.82) is 0 Å². The lowest BCUT2D eigenvalue weighted by Gasteiger charge is -2.02. The quantitative estimate of drug-likeness (QED) is 0.574. The van der Waals surface area contributed by atoms with Crippen LogP contribution in [0.5, 0.6) is 0 Å². The van der Waals surface area contributed by atoms with Gasteiger partial charge in [0.05, 0.1) is 16.5 Å². The van der Waals surface area contributed by atoms with Crippen molar-refractivity contribution in [2.24, 2.45) is 0 Å². The summed E-state index contributed by atoms with van der Waals surface area (Å²) in [6.07, 6.45) is 1.62. The molecule has 1 N–H and O–H groups in total. The lowest BCUT2D eigenvalue weighted by atomic mass is 10.3. The molecule has 2 heterocycles. The molecule has 0 atom stereocenters. The summed E-state index contributed by atoms with van der Waals surface area (Å²) in [6.45, 7) is 1.58. The molecular weight excluding hydrogens is 324 g/mol. The van der Waals surface area contributed by atoms with Gasteiger partial charge in [-0.05, 0) is 13.0 Å². The Morgan fingerprint density at radius 1 is 1.52 bits per heavy atom. The number of benzene rings is 1. The third-order valence-electron chi connectivity index (χ3n) is 3.03. The standard InChI is InChI=1S/C13H10N4O5S/c1-7-5-14-12(23-7)15-11(18)6-16-9-3-2-8(17(20)21)4-10(9)22-13(16)19/h2-5H,6H2,1H3,(H,14,15,18). The van der Waals surface area contributed by atoms with Gasteiger partial charge in [-0.1, -0.05) is 0 Å². The fourth-order valence-corrected chi connectivity index (χ4v) is 2.71. The van der Waals surface area contributed by atoms with Crippen LogP contribution in [0.15, 0.2) is 33.6 Å². The Labute approximate surface area is 132 Å². The number of carbonyl (C=O) groups excluding carboxylic acids is 1. The summed E-state index contributed by atoms with van der Waals surface area (Å²) in [5.74, 6) is -1.20. The van der Waals surface area contributed by atoms with Gasteiger partial charge in [0.1, 0.15) is 6.54 Å². The summed E-state index contributed by atoms with van der Waals surface area (Å²) >= 11 is 1.31. The molecule has 118 valence electrons. The summed E-state index contributed by atoms with van der Waals surface area (Å²) in [5, 5.41) is 13.7. The van der Waals surface area contributed by atoms with E-state index in [1.54, 1.807) is 6.20 Å². The van der Waals surface area contributed by atoms with Crippen LogP contribution in [0.2, 0.25) is 0 Å². The van der Waals surface area contributed by atoms with Gasteiger partial charge in [0.25, 0.3) is 5.69 Å². The number of thiazole rings is 1. The lowest BCUT2D eigenvalue weighted by Crippen LogP contribution is -2.24. The number of rotatable bonds is 4. The zero-order chi connectivity index (χ0) is 16.6. The summed E-state index contributed by atoms with van der Waals surface area (Å²) < 4.78 is 6.06. The van der Waals surface area contributed by atoms with Gasteiger partial charge in [-0.3, -0.25) is 19.5 Å². The largest absolute Gasteiger partial charge is 0.420 e. The molecule has 9 nitrogen and oxygen atoms in total. The number of nitrogens with zero attached hydrogens (tertiary/aromatic N) is 3. The molecule has 0 unspecified atom stereocenters. The second-order valence-corrected chi connectivity index (χ2v) is 5.92. The van der Waals surface area contributed by atoms with Crippen molar-refractivity contribution in [2.45, 2.75) is 13.5 Å². The third-order valence-corrected chi connectivity index (χ3v) is 3.86. The predicted octanol–water partition coefficient (Wildman–Crippen LogP) is 1.91. The maximum absolute atomic E-state index is 12.0. The number of oxazole rings is 1. The summed E-state index contributed by atoms with van der Waals surface area (Å²) in [4.78, 5) is 38.9. The van der Waals surface area contributed by atoms with E-state index in [0.29, 0.717) is 10.6 Å². The van der Waals surface area contributed by atoms with Gasteiger partial charge in [-0.25, -0.2) is 9.78 Å². The number of aryl methyl sites for hydroxylation is 1. The monoisotopic (exact) mass is 334 g/mol. The molecule has 0 aliphatic rings. The number of carbonyl (C=O) groups is 1. The van der Waals surface area contributed by atoms with Crippen LogP contribution in [0.3, 0.4) is 0 Å². The summed E-state index contributed by atoms with van der Waals surface area (Å²) in [5.41, 5.74) is 0.175. The minimum atomic E-state index is -0.758. The van der Waals surface area contributed by atoms with Gasteiger partial charge in [-0.15, -0.1) is 11.3 Å². The van der Waals surface area contributed by atoms with Crippen LogP contribution in [0.4, 0.5) is 10.8 Å². The molecular formula is C13H10N4O5S. The number of nitro groups is 1. The Hall–Kier alpha value is -3.01. The van der Waals surface area contributed by atoms with E-state index in [-0.39, 0.29) is 17.8 Å². The topological polar surface area (TPSA) is 120 Å². The minimum absolute atomic E-state index is 0.0575. The molecule has 0 saturated heterocycles. The first-order valence-electron chi connectivity index (χ1n) is 6.44. The van der Waals surface area contributed by atoms with Crippen molar-refractivity contribution >= 4 is 39.2 Å². The van der Waals surface area contributed by atoms with Crippen LogP contribution >= 0.6 is 11.3 Å². The first-order chi connectivity index (χ1) is 10.9. The maximum Gasteiger partial charge on any atom is 0.420 e. The van der Waals surface area contributed by atoms with Crippen LogP contribution < -0.4 is 11.1 Å². The van der Waals surface area contributed by atoms with Crippen LogP contribution in [0.25, 0.3) is 11.1 Å². The van der Waals surface area contributed by atoms with E-state index in [1.807, 2.05) is 6.92 Å². The molecule has 0 radical (unpaired) electrons. The van der Waals surface area contributed by atoms with E-state index in [9.17, 15) is 19.7 Å². The summed E-state index contributed by atoms with van der Waals surface area (Å²) in [6, 6.07) is 3.77. The molecule has 0 aliphatic carbocycles. The summed E-state index contributed by atoms with van der Waals surface area (Å²) in [7, 11) is 0. The van der Waals surface area contributed by atoms with E-state index >= 15 is 0 Å². The Balaban J connectivity index is 1.87. The molecule has 1 amide bonds. The molecule has 0 spiro atoms. The molecule has 0 fully saturated rings. The molecule has 0 bridgehead atoms. The van der Waals surface area contributed by atoms with Crippen molar-refractivity contribution in [2.75, 3.05) is 5.32 Å². The Morgan fingerprint density at radius 2 is 2.30 bits per heavy atom. The van der Waals surface area contributed by atoms with Crippen molar-refractivity contribution in [3.8, 4) is 0 Å². The lowest BCUT2D eigenvalue weighted by molar-refractivity contribution is -0.384. The van der Waals surface area contributed by atoms with Gasteiger partial charge < -0.3 is 9.73 Å². The van der Waals surface area contributed by atoms with Gasteiger partial charge in [0.15, 0.2) is 10.7 Å². The zero-order valence-corrected chi connectivity index (χ0v) is 12.6. The molecule has 0 saturated carbocycles. The van der Waals surface area contributed by atoms with Gasteiger partial charge in [-0.2, -0.15) is 0 Å². The average Bonchev–Trinajstić information content (AvgIpc) is 3.02. The molecule has 3 rings (SSSR count). The molecule has 10 heteroatoms. The molecule has 0 aliphatic heterocycles. The van der Waals surface area contributed by atoms with Crippen LogP contribution in [-0.2, 0) is 11.3 Å². The first kappa shape index (κ1) is 14.9. The maximum atomic E-state index is 12.0. The van der Waals surface area contributed by atoms with Crippen LogP contribution in [0, 0.1) is 17.0 Å². The van der Waals surface area contributed by atoms with Crippen LogP contribution in [-0.4, -0.2) is 20.4 Å². The van der Waals surface area contributed by atoms with Gasteiger partial charge >= 0.3 is 5.76 Å². The Kier molecular flexibility index (Phi) is 3.66. The molecule has 1 aromatic carbocycles. The highest BCUT2D eigenvalue weighted by atomic mass is 32.1. The number of anilines is 1. The first-order valence-corrected chi connectivity index (χ1v) is 7.26. The SMILES string of the molecule is Cc1cnc(NC(=O)Cn2c(=O)oc3cc([N+](=O)[O-])ccc32)s1. The minimum Gasteiger partial charge on any atom is -0.407 e.